The molecule has 0 atom stereocenters. The second-order valence-corrected chi connectivity index (χ2v) is 9.98. The van der Waals surface area contributed by atoms with Gasteiger partial charge in [-0.3, -0.25) is 4.98 Å². The lowest BCUT2D eigenvalue weighted by atomic mass is 10.1. The van der Waals surface area contributed by atoms with Crippen LogP contribution in [0.25, 0.3) is 10.9 Å². The number of ether oxygens (including phenoxy) is 3. The molecule has 8 heteroatoms. The number of methoxy groups -OCH3 is 1. The quantitative estimate of drug-likeness (QED) is 0.584. The molecular weight excluding hydrogens is 428 g/mol. The van der Waals surface area contributed by atoms with Crippen LogP contribution in [0.1, 0.15) is 25.7 Å². The molecule has 0 aliphatic carbocycles. The van der Waals surface area contributed by atoms with E-state index in [0.29, 0.717) is 41.7 Å². The summed E-state index contributed by atoms with van der Waals surface area (Å²) in [6, 6.07) is 10.2. The summed E-state index contributed by atoms with van der Waals surface area (Å²) in [7, 11) is -2.24. The van der Waals surface area contributed by atoms with Crippen molar-refractivity contribution in [1.82, 2.24) is 4.98 Å². The molecule has 1 saturated heterocycles. The Morgan fingerprint density at radius 2 is 1.59 bits per heavy atom. The molecule has 3 heterocycles. The SMILES string of the molecule is COc1ccc(S(=O)(=O)c2cnc3cc4c(cc3c2N2CCCCCC2)OCCO4)cc1. The third-order valence-electron chi connectivity index (χ3n) is 6.05. The Bertz CT molecular complexity index is 1230. The summed E-state index contributed by atoms with van der Waals surface area (Å²) >= 11 is 0. The fourth-order valence-corrected chi connectivity index (χ4v) is 5.83. The third kappa shape index (κ3) is 3.72. The average Bonchev–Trinajstić information content (AvgIpc) is 3.11. The number of aromatic nitrogens is 1. The van der Waals surface area contributed by atoms with Crippen molar-refractivity contribution in [2.24, 2.45) is 0 Å². The molecular formula is C24H26N2O5S. The van der Waals surface area contributed by atoms with Crippen LogP contribution in [0, 0.1) is 0 Å². The van der Waals surface area contributed by atoms with Crippen LogP contribution in [0.5, 0.6) is 17.2 Å². The highest BCUT2D eigenvalue weighted by atomic mass is 32.2. The lowest BCUT2D eigenvalue weighted by Gasteiger charge is -2.27. The van der Waals surface area contributed by atoms with Gasteiger partial charge in [0.25, 0.3) is 0 Å². The van der Waals surface area contributed by atoms with E-state index in [1.165, 1.54) is 6.20 Å². The highest BCUT2D eigenvalue weighted by Gasteiger charge is 2.28. The first-order chi connectivity index (χ1) is 15.6. The van der Waals surface area contributed by atoms with Gasteiger partial charge in [0.1, 0.15) is 23.9 Å². The monoisotopic (exact) mass is 454 g/mol. The summed E-state index contributed by atoms with van der Waals surface area (Å²) < 4.78 is 44.2. The van der Waals surface area contributed by atoms with E-state index >= 15 is 0 Å². The van der Waals surface area contributed by atoms with Crippen LogP contribution in [0.3, 0.4) is 0 Å². The summed E-state index contributed by atoms with van der Waals surface area (Å²) in [5.74, 6) is 1.88. The third-order valence-corrected chi connectivity index (χ3v) is 7.82. The Hall–Kier alpha value is -3.00. The summed E-state index contributed by atoms with van der Waals surface area (Å²) in [6.07, 6.45) is 5.82. The van der Waals surface area contributed by atoms with E-state index in [2.05, 4.69) is 9.88 Å². The number of nitrogens with zero attached hydrogens (tertiary/aromatic N) is 2. The second kappa shape index (κ2) is 8.50. The number of sulfone groups is 1. The zero-order valence-electron chi connectivity index (χ0n) is 18.0. The zero-order valence-corrected chi connectivity index (χ0v) is 18.9. The van der Waals surface area contributed by atoms with Gasteiger partial charge in [0, 0.05) is 30.7 Å². The first kappa shape index (κ1) is 20.9. The fraction of sp³-hybridized carbons (Fsp3) is 0.375. The summed E-state index contributed by atoms with van der Waals surface area (Å²) in [6.45, 7) is 2.56. The molecule has 3 aromatic rings. The van der Waals surface area contributed by atoms with Gasteiger partial charge >= 0.3 is 0 Å². The first-order valence-corrected chi connectivity index (χ1v) is 12.4. The Morgan fingerprint density at radius 3 is 2.25 bits per heavy atom. The Labute approximate surface area is 187 Å². The van der Waals surface area contributed by atoms with Crippen LogP contribution in [0.15, 0.2) is 52.4 Å². The van der Waals surface area contributed by atoms with E-state index in [0.717, 1.165) is 44.2 Å². The number of rotatable bonds is 4. The van der Waals surface area contributed by atoms with Crippen LogP contribution in [0.4, 0.5) is 5.69 Å². The predicted octanol–water partition coefficient (Wildman–Crippen LogP) is 4.23. The van der Waals surface area contributed by atoms with Gasteiger partial charge in [0.05, 0.1) is 23.2 Å². The number of hydrogen-bond acceptors (Lipinski definition) is 7. The van der Waals surface area contributed by atoms with E-state index in [4.69, 9.17) is 14.2 Å². The highest BCUT2D eigenvalue weighted by molar-refractivity contribution is 7.91. The van der Waals surface area contributed by atoms with Crippen molar-refractivity contribution in [3.8, 4) is 17.2 Å². The Morgan fingerprint density at radius 1 is 0.938 bits per heavy atom. The van der Waals surface area contributed by atoms with Gasteiger partial charge in [-0.15, -0.1) is 0 Å². The normalized spacial score (nSPS) is 16.6. The summed E-state index contributed by atoms with van der Waals surface area (Å²) in [4.78, 5) is 7.16. The molecule has 0 N–H and O–H groups in total. The number of fused-ring (bicyclic) bond motifs is 2. The average molecular weight is 455 g/mol. The molecule has 5 rings (SSSR count). The molecule has 7 nitrogen and oxygen atoms in total. The van der Waals surface area contributed by atoms with Gasteiger partial charge < -0.3 is 19.1 Å². The Kier molecular flexibility index (Phi) is 5.55. The Balaban J connectivity index is 1.72. The van der Waals surface area contributed by atoms with Crippen molar-refractivity contribution >= 4 is 26.4 Å². The first-order valence-electron chi connectivity index (χ1n) is 10.9. The fourth-order valence-electron chi connectivity index (χ4n) is 4.40. The molecule has 0 radical (unpaired) electrons. The molecule has 2 aliphatic heterocycles. The molecule has 0 saturated carbocycles. The van der Waals surface area contributed by atoms with Gasteiger partial charge in [-0.2, -0.15) is 0 Å². The standard InChI is InChI=1S/C24H26N2O5S/c1-29-17-6-8-18(9-7-17)32(27,28)23-16-25-20-15-22-21(30-12-13-31-22)14-19(20)24(23)26-10-4-2-3-5-11-26/h6-9,14-16H,2-5,10-13H2,1H3. The minimum absolute atomic E-state index is 0.216. The lowest BCUT2D eigenvalue weighted by Crippen LogP contribution is -2.26. The van der Waals surface area contributed by atoms with E-state index in [1.54, 1.807) is 31.4 Å². The van der Waals surface area contributed by atoms with Crippen LogP contribution in [-0.2, 0) is 9.84 Å². The minimum atomic E-state index is -3.80. The molecule has 0 amide bonds. The van der Waals surface area contributed by atoms with Crippen molar-refractivity contribution in [3.63, 3.8) is 0 Å². The number of pyridine rings is 1. The summed E-state index contributed by atoms with van der Waals surface area (Å²) in [5.41, 5.74) is 1.40. The molecule has 1 aromatic heterocycles. The second-order valence-electron chi connectivity index (χ2n) is 8.06. The van der Waals surface area contributed by atoms with Crippen molar-refractivity contribution in [2.45, 2.75) is 35.5 Å². The molecule has 2 aliphatic rings. The molecule has 0 spiro atoms. The predicted molar refractivity (Wildman–Crippen MR) is 122 cm³/mol. The topological polar surface area (TPSA) is 78.0 Å². The maximum absolute atomic E-state index is 13.8. The molecule has 32 heavy (non-hydrogen) atoms. The van der Waals surface area contributed by atoms with Crippen LogP contribution >= 0.6 is 0 Å². The van der Waals surface area contributed by atoms with Crippen LogP contribution < -0.4 is 19.1 Å². The van der Waals surface area contributed by atoms with Crippen molar-refractivity contribution < 1.29 is 22.6 Å². The highest BCUT2D eigenvalue weighted by Crippen LogP contribution is 2.42. The molecule has 0 unspecified atom stereocenters. The molecule has 1 fully saturated rings. The van der Waals surface area contributed by atoms with E-state index < -0.39 is 9.84 Å². The molecule has 0 bridgehead atoms. The number of benzene rings is 2. The lowest BCUT2D eigenvalue weighted by molar-refractivity contribution is 0.172. The summed E-state index contributed by atoms with van der Waals surface area (Å²) in [5, 5.41) is 0.769. The van der Waals surface area contributed by atoms with Gasteiger partial charge in [-0.05, 0) is 43.2 Å². The number of hydrogen-bond donors (Lipinski definition) is 0. The van der Waals surface area contributed by atoms with E-state index in [9.17, 15) is 8.42 Å². The van der Waals surface area contributed by atoms with E-state index in [1.807, 2.05) is 12.1 Å². The van der Waals surface area contributed by atoms with Gasteiger partial charge in [0.15, 0.2) is 11.5 Å². The van der Waals surface area contributed by atoms with Gasteiger partial charge in [-0.25, -0.2) is 8.42 Å². The number of anilines is 1. The smallest absolute Gasteiger partial charge is 0.210 e. The van der Waals surface area contributed by atoms with Crippen molar-refractivity contribution in [2.75, 3.05) is 38.3 Å². The molecule has 168 valence electrons. The zero-order chi connectivity index (χ0) is 22.1. The van der Waals surface area contributed by atoms with Crippen LogP contribution in [0.2, 0.25) is 0 Å². The van der Waals surface area contributed by atoms with Crippen LogP contribution in [-0.4, -0.2) is 46.8 Å². The maximum atomic E-state index is 13.8. The van der Waals surface area contributed by atoms with Crippen molar-refractivity contribution in [1.29, 1.82) is 0 Å². The van der Waals surface area contributed by atoms with E-state index in [-0.39, 0.29) is 9.79 Å². The maximum Gasteiger partial charge on any atom is 0.210 e. The van der Waals surface area contributed by atoms with Gasteiger partial charge in [0.2, 0.25) is 9.84 Å². The molecule has 2 aromatic carbocycles. The minimum Gasteiger partial charge on any atom is -0.497 e. The van der Waals surface area contributed by atoms with Crippen molar-refractivity contribution in [3.05, 3.63) is 42.6 Å². The van der Waals surface area contributed by atoms with Gasteiger partial charge in [-0.1, -0.05) is 12.8 Å². The largest absolute Gasteiger partial charge is 0.497 e.